The zero-order valence-electron chi connectivity index (χ0n) is 14.8. The van der Waals surface area contributed by atoms with Gasteiger partial charge in [-0.15, -0.1) is 0 Å². The molecule has 1 aromatic carbocycles. The van der Waals surface area contributed by atoms with E-state index >= 15 is 0 Å². The molecule has 1 aromatic rings. The summed E-state index contributed by atoms with van der Waals surface area (Å²) in [6, 6.07) is 6.13. The summed E-state index contributed by atoms with van der Waals surface area (Å²) in [5.74, 6) is -0.470. The van der Waals surface area contributed by atoms with Crippen molar-refractivity contribution in [2.75, 3.05) is 41.1 Å². The third-order valence-corrected chi connectivity index (χ3v) is 5.92. The summed E-state index contributed by atoms with van der Waals surface area (Å²) in [6.07, 6.45) is 2.07. The van der Waals surface area contributed by atoms with E-state index in [4.69, 9.17) is 9.11 Å². The molecule has 2 rings (SSSR count). The molecule has 26 heavy (non-hydrogen) atoms. The van der Waals surface area contributed by atoms with Crippen LogP contribution in [0.2, 0.25) is 0 Å². The minimum Gasteiger partial charge on any atom is -0.352 e. The van der Waals surface area contributed by atoms with E-state index in [-0.39, 0.29) is 11.5 Å². The van der Waals surface area contributed by atoms with Gasteiger partial charge in [0.25, 0.3) is 20.2 Å². The van der Waals surface area contributed by atoms with Crippen LogP contribution in [0.3, 0.4) is 0 Å². The van der Waals surface area contributed by atoms with Crippen LogP contribution in [-0.2, 0) is 20.2 Å². The molecule has 2 N–H and O–H groups in total. The monoisotopic (exact) mass is 406 g/mol. The van der Waals surface area contributed by atoms with Crippen molar-refractivity contribution in [3.05, 3.63) is 23.8 Å². The Hall–Kier alpha value is -1.36. The van der Waals surface area contributed by atoms with E-state index in [2.05, 4.69) is 15.9 Å². The predicted octanol–water partition coefficient (Wildman–Crippen LogP) is 1.91. The lowest BCUT2D eigenvalue weighted by molar-refractivity contribution is 0.478. The van der Waals surface area contributed by atoms with Crippen molar-refractivity contribution in [2.24, 2.45) is 0 Å². The highest BCUT2D eigenvalue weighted by molar-refractivity contribution is 7.86. The van der Waals surface area contributed by atoms with E-state index in [1.807, 2.05) is 19.1 Å². The molecular weight excluding hydrogens is 380 g/mol. The Bertz CT molecular complexity index is 823. The van der Waals surface area contributed by atoms with Crippen molar-refractivity contribution in [3.8, 4) is 0 Å². The molecule has 1 aliphatic rings. The molecule has 10 heteroatoms. The third-order valence-electron chi connectivity index (χ3n) is 4.31. The van der Waals surface area contributed by atoms with Crippen LogP contribution in [0.1, 0.15) is 31.2 Å². The second-order valence-corrected chi connectivity index (χ2v) is 9.79. The molecule has 0 unspecified atom stereocenters. The van der Waals surface area contributed by atoms with E-state index in [0.717, 1.165) is 16.9 Å². The summed E-state index contributed by atoms with van der Waals surface area (Å²) in [5, 5.41) is 0. The molecule has 0 saturated heterocycles. The van der Waals surface area contributed by atoms with Crippen LogP contribution in [0.5, 0.6) is 0 Å². The van der Waals surface area contributed by atoms with Crippen molar-refractivity contribution in [2.45, 2.75) is 32.6 Å². The number of fused-ring (bicyclic) bond motifs is 1. The topological polar surface area (TPSA) is 115 Å². The number of aryl methyl sites for hydroxylation is 1. The SMILES string of the molecule is Cc1ccc2c(c1)N(CCCCS(=O)(=O)O)CN2CCCCS(=O)(=O)O. The molecular formula is C16H26N2O6S2. The number of unbranched alkanes of at least 4 members (excludes halogenated alkanes) is 2. The van der Waals surface area contributed by atoms with Crippen molar-refractivity contribution >= 4 is 31.6 Å². The molecule has 0 aliphatic carbocycles. The minimum absolute atomic E-state index is 0.235. The van der Waals surface area contributed by atoms with Crippen LogP contribution in [0.25, 0.3) is 0 Å². The number of nitrogens with zero attached hydrogens (tertiary/aromatic N) is 2. The van der Waals surface area contributed by atoms with Gasteiger partial charge in [0.15, 0.2) is 0 Å². The van der Waals surface area contributed by atoms with Gasteiger partial charge in [-0.1, -0.05) is 6.07 Å². The Morgan fingerprint density at radius 1 is 0.846 bits per heavy atom. The molecule has 0 fully saturated rings. The number of benzene rings is 1. The smallest absolute Gasteiger partial charge is 0.264 e. The Balaban J connectivity index is 1.94. The lowest BCUT2D eigenvalue weighted by Crippen LogP contribution is -2.32. The average molecular weight is 407 g/mol. The first kappa shape index (κ1) is 20.9. The maximum atomic E-state index is 10.8. The van der Waals surface area contributed by atoms with Crippen LogP contribution in [0.4, 0.5) is 11.4 Å². The van der Waals surface area contributed by atoms with Gasteiger partial charge in [0.1, 0.15) is 0 Å². The average Bonchev–Trinajstić information content (AvgIpc) is 2.83. The van der Waals surface area contributed by atoms with Gasteiger partial charge in [-0.3, -0.25) is 9.11 Å². The number of hydrogen-bond acceptors (Lipinski definition) is 6. The fourth-order valence-electron chi connectivity index (χ4n) is 3.07. The molecule has 0 bridgehead atoms. The van der Waals surface area contributed by atoms with Gasteiger partial charge in [-0.25, -0.2) is 0 Å². The predicted molar refractivity (Wildman–Crippen MR) is 102 cm³/mol. The van der Waals surface area contributed by atoms with Crippen LogP contribution >= 0.6 is 0 Å². The molecule has 8 nitrogen and oxygen atoms in total. The molecule has 0 saturated carbocycles. The highest BCUT2D eigenvalue weighted by atomic mass is 32.2. The van der Waals surface area contributed by atoms with Gasteiger partial charge < -0.3 is 9.80 Å². The Kier molecular flexibility index (Phi) is 6.89. The maximum Gasteiger partial charge on any atom is 0.264 e. The van der Waals surface area contributed by atoms with Crippen molar-refractivity contribution < 1.29 is 25.9 Å². The van der Waals surface area contributed by atoms with Crippen molar-refractivity contribution in [1.82, 2.24) is 0 Å². The quantitative estimate of drug-likeness (QED) is 0.447. The lowest BCUT2D eigenvalue weighted by atomic mass is 10.1. The Labute approximate surface area is 155 Å². The molecule has 1 heterocycles. The summed E-state index contributed by atoms with van der Waals surface area (Å²) >= 11 is 0. The fourth-order valence-corrected chi connectivity index (χ4v) is 4.21. The van der Waals surface area contributed by atoms with Gasteiger partial charge in [0.2, 0.25) is 0 Å². The molecule has 0 atom stereocenters. The molecule has 0 amide bonds. The van der Waals surface area contributed by atoms with Gasteiger partial charge >= 0.3 is 0 Å². The van der Waals surface area contributed by atoms with Crippen LogP contribution in [0, 0.1) is 6.92 Å². The number of hydrogen-bond donors (Lipinski definition) is 2. The van der Waals surface area contributed by atoms with Crippen LogP contribution in [0.15, 0.2) is 18.2 Å². The zero-order valence-corrected chi connectivity index (χ0v) is 16.5. The minimum atomic E-state index is -3.92. The van der Waals surface area contributed by atoms with E-state index < -0.39 is 20.2 Å². The van der Waals surface area contributed by atoms with Gasteiger partial charge in [-0.2, -0.15) is 16.8 Å². The first-order chi connectivity index (χ1) is 12.1. The van der Waals surface area contributed by atoms with E-state index in [0.29, 0.717) is 45.4 Å². The summed E-state index contributed by atoms with van der Waals surface area (Å²) < 4.78 is 60.9. The van der Waals surface area contributed by atoms with Crippen LogP contribution in [-0.4, -0.2) is 57.2 Å². The highest BCUT2D eigenvalue weighted by Gasteiger charge is 2.25. The zero-order chi connectivity index (χ0) is 19.4. The fraction of sp³-hybridized carbons (Fsp3) is 0.625. The third kappa shape index (κ3) is 6.75. The second-order valence-electron chi connectivity index (χ2n) is 6.65. The number of anilines is 2. The van der Waals surface area contributed by atoms with E-state index in [1.54, 1.807) is 0 Å². The van der Waals surface area contributed by atoms with Crippen molar-refractivity contribution in [1.29, 1.82) is 0 Å². The summed E-state index contributed by atoms with van der Waals surface area (Å²) in [4.78, 5) is 4.32. The summed E-state index contributed by atoms with van der Waals surface area (Å²) in [6.45, 7) is 4.00. The van der Waals surface area contributed by atoms with Crippen LogP contribution < -0.4 is 9.80 Å². The second kappa shape index (κ2) is 8.55. The summed E-state index contributed by atoms with van der Waals surface area (Å²) in [7, 11) is -7.85. The standard InChI is InChI=1S/C16H26N2O6S2/c1-14-6-7-15-16(12-14)18(9-3-5-11-26(22,23)24)13-17(15)8-2-4-10-25(19,20)21/h6-7,12H,2-5,8-11,13H2,1H3,(H,19,20,21)(H,22,23,24). The Morgan fingerprint density at radius 3 is 1.85 bits per heavy atom. The molecule has 148 valence electrons. The Morgan fingerprint density at radius 2 is 1.35 bits per heavy atom. The largest absolute Gasteiger partial charge is 0.352 e. The van der Waals surface area contributed by atoms with Gasteiger partial charge in [-0.05, 0) is 50.3 Å². The number of rotatable bonds is 10. The first-order valence-electron chi connectivity index (χ1n) is 8.56. The van der Waals surface area contributed by atoms with E-state index in [9.17, 15) is 16.8 Å². The lowest BCUT2D eigenvalue weighted by Gasteiger charge is -2.21. The van der Waals surface area contributed by atoms with E-state index in [1.165, 1.54) is 0 Å². The van der Waals surface area contributed by atoms with Gasteiger partial charge in [0, 0.05) is 13.1 Å². The normalized spacial score (nSPS) is 14.7. The molecule has 0 radical (unpaired) electrons. The summed E-state index contributed by atoms with van der Waals surface area (Å²) in [5.41, 5.74) is 3.27. The maximum absolute atomic E-state index is 10.8. The molecule has 1 aliphatic heterocycles. The van der Waals surface area contributed by atoms with Crippen molar-refractivity contribution in [3.63, 3.8) is 0 Å². The first-order valence-corrected chi connectivity index (χ1v) is 11.8. The highest BCUT2D eigenvalue weighted by Crippen LogP contribution is 2.36. The molecule has 0 aromatic heterocycles. The van der Waals surface area contributed by atoms with Gasteiger partial charge in [0.05, 0.1) is 29.5 Å². The molecule has 0 spiro atoms.